The first kappa shape index (κ1) is 18.2. The van der Waals surface area contributed by atoms with Crippen LogP contribution in [0.2, 0.25) is 5.02 Å². The van der Waals surface area contributed by atoms with Gasteiger partial charge in [-0.15, -0.1) is 0 Å². The minimum Gasteiger partial charge on any atom is -0.503 e. The highest BCUT2D eigenvalue weighted by Crippen LogP contribution is 2.41. The van der Waals surface area contributed by atoms with Crippen molar-refractivity contribution in [2.45, 2.75) is 13.0 Å². The standard InChI is InChI=1S/C19H17ClN2O3S/c1-10-14(17(23)11-6-4-3-5-7-11)16(22-19(26)21-10)12-8-9-13(25-2)18(24)15(12)20/h3-9,16,24H,1-2H3,(H2,21,22,26). The second-order valence-electron chi connectivity index (χ2n) is 5.78. The molecule has 0 aliphatic carbocycles. The number of halogens is 1. The van der Waals surface area contributed by atoms with Gasteiger partial charge in [-0.25, -0.2) is 0 Å². The monoisotopic (exact) mass is 388 g/mol. The van der Waals surface area contributed by atoms with Crippen molar-refractivity contribution in [1.29, 1.82) is 0 Å². The van der Waals surface area contributed by atoms with Crippen LogP contribution in [0.1, 0.15) is 28.9 Å². The molecule has 3 rings (SSSR count). The Bertz CT molecular complexity index is 913. The first-order chi connectivity index (χ1) is 12.4. The van der Waals surface area contributed by atoms with E-state index in [2.05, 4.69) is 10.6 Å². The lowest BCUT2D eigenvalue weighted by atomic mass is 9.89. The molecule has 134 valence electrons. The van der Waals surface area contributed by atoms with E-state index in [0.717, 1.165) is 0 Å². The minimum atomic E-state index is -0.597. The van der Waals surface area contributed by atoms with E-state index < -0.39 is 6.04 Å². The average molecular weight is 389 g/mol. The quantitative estimate of drug-likeness (QED) is 0.547. The van der Waals surface area contributed by atoms with Crippen molar-refractivity contribution in [1.82, 2.24) is 10.6 Å². The molecule has 1 unspecified atom stereocenters. The number of ether oxygens (including phenoxy) is 1. The summed E-state index contributed by atoms with van der Waals surface area (Å²) in [5.74, 6) is -0.0732. The van der Waals surface area contributed by atoms with Gasteiger partial charge in [-0.05, 0) is 25.2 Å². The van der Waals surface area contributed by atoms with Crippen molar-refractivity contribution in [3.63, 3.8) is 0 Å². The molecule has 0 bridgehead atoms. The van der Waals surface area contributed by atoms with Crippen LogP contribution in [0.5, 0.6) is 11.5 Å². The van der Waals surface area contributed by atoms with Gasteiger partial charge in [-0.1, -0.05) is 48.0 Å². The van der Waals surface area contributed by atoms with E-state index in [9.17, 15) is 9.90 Å². The maximum absolute atomic E-state index is 13.1. The Morgan fingerprint density at radius 3 is 2.58 bits per heavy atom. The first-order valence-electron chi connectivity index (χ1n) is 7.87. The van der Waals surface area contributed by atoms with E-state index in [1.165, 1.54) is 7.11 Å². The molecule has 1 heterocycles. The number of ketones is 1. The molecular weight excluding hydrogens is 372 g/mol. The summed E-state index contributed by atoms with van der Waals surface area (Å²) in [5.41, 5.74) is 2.21. The van der Waals surface area contributed by atoms with E-state index in [1.54, 1.807) is 43.3 Å². The van der Waals surface area contributed by atoms with E-state index >= 15 is 0 Å². The molecule has 0 amide bonds. The van der Waals surface area contributed by atoms with Gasteiger partial charge in [-0.3, -0.25) is 4.79 Å². The largest absolute Gasteiger partial charge is 0.503 e. The molecule has 0 radical (unpaired) electrons. The Kier molecular flexibility index (Phi) is 5.15. The number of benzene rings is 2. The lowest BCUT2D eigenvalue weighted by Gasteiger charge is -2.31. The zero-order chi connectivity index (χ0) is 18.8. The number of phenolic OH excluding ortho intramolecular Hbond substituents is 1. The molecule has 1 aliphatic heterocycles. The molecular formula is C19H17ClN2O3S. The van der Waals surface area contributed by atoms with Crippen LogP contribution in [0, 0.1) is 0 Å². The van der Waals surface area contributed by atoms with E-state index in [1.807, 2.05) is 6.07 Å². The maximum atomic E-state index is 13.1. The Hall–Kier alpha value is -2.57. The number of allylic oxidation sites excluding steroid dienone is 1. The number of carbonyl (C=O) groups is 1. The molecule has 1 aliphatic rings. The van der Waals surface area contributed by atoms with Crippen LogP contribution in [-0.2, 0) is 0 Å². The Balaban J connectivity index is 2.13. The summed E-state index contributed by atoms with van der Waals surface area (Å²) < 4.78 is 5.08. The van der Waals surface area contributed by atoms with Crippen molar-refractivity contribution in [3.05, 3.63) is 69.9 Å². The van der Waals surface area contributed by atoms with Crippen LogP contribution in [0.3, 0.4) is 0 Å². The number of methoxy groups -OCH3 is 1. The number of hydrogen-bond acceptors (Lipinski definition) is 4. The molecule has 5 nitrogen and oxygen atoms in total. The van der Waals surface area contributed by atoms with Crippen molar-refractivity contribution in [3.8, 4) is 11.5 Å². The molecule has 2 aromatic carbocycles. The van der Waals surface area contributed by atoms with E-state index in [-0.39, 0.29) is 22.3 Å². The summed E-state index contributed by atoms with van der Waals surface area (Å²) in [7, 11) is 1.44. The number of carbonyl (C=O) groups excluding carboxylic acids is 1. The van der Waals surface area contributed by atoms with Crippen LogP contribution in [0.15, 0.2) is 53.7 Å². The van der Waals surface area contributed by atoms with Gasteiger partial charge in [0.05, 0.1) is 18.2 Å². The molecule has 3 N–H and O–H groups in total. The average Bonchev–Trinajstić information content (AvgIpc) is 2.63. The second-order valence-corrected chi connectivity index (χ2v) is 6.57. The van der Waals surface area contributed by atoms with Crippen LogP contribution in [0.25, 0.3) is 0 Å². The molecule has 0 fully saturated rings. The highest BCUT2D eigenvalue weighted by atomic mass is 35.5. The topological polar surface area (TPSA) is 70.6 Å². The summed E-state index contributed by atoms with van der Waals surface area (Å²) in [5, 5.41) is 16.8. The van der Waals surface area contributed by atoms with E-state index in [0.29, 0.717) is 27.5 Å². The van der Waals surface area contributed by atoms with Crippen molar-refractivity contribution >= 4 is 34.7 Å². The van der Waals surface area contributed by atoms with Gasteiger partial charge in [0.2, 0.25) is 0 Å². The third kappa shape index (κ3) is 3.25. The third-order valence-corrected chi connectivity index (χ3v) is 4.81. The third-order valence-electron chi connectivity index (χ3n) is 4.19. The highest BCUT2D eigenvalue weighted by molar-refractivity contribution is 7.80. The molecule has 7 heteroatoms. The molecule has 1 atom stereocenters. The predicted molar refractivity (Wildman–Crippen MR) is 105 cm³/mol. The Morgan fingerprint density at radius 1 is 1.23 bits per heavy atom. The summed E-state index contributed by atoms with van der Waals surface area (Å²) in [6.45, 7) is 1.79. The molecule has 0 saturated heterocycles. The molecule has 0 spiro atoms. The summed E-state index contributed by atoms with van der Waals surface area (Å²) in [6.07, 6.45) is 0. The summed E-state index contributed by atoms with van der Waals surface area (Å²) in [4.78, 5) is 13.1. The fourth-order valence-electron chi connectivity index (χ4n) is 2.92. The lowest BCUT2D eigenvalue weighted by Crippen LogP contribution is -2.45. The Labute approximate surface area is 161 Å². The van der Waals surface area contributed by atoms with E-state index in [4.69, 9.17) is 28.6 Å². The molecule has 26 heavy (non-hydrogen) atoms. The van der Waals surface area contributed by atoms with Gasteiger partial charge in [0.25, 0.3) is 0 Å². The zero-order valence-corrected chi connectivity index (χ0v) is 15.7. The predicted octanol–water partition coefficient (Wildman–Crippen LogP) is 3.73. The maximum Gasteiger partial charge on any atom is 0.193 e. The lowest BCUT2D eigenvalue weighted by molar-refractivity contribution is 0.102. The molecule has 0 saturated carbocycles. The van der Waals surface area contributed by atoms with Gasteiger partial charge in [0.1, 0.15) is 0 Å². The normalized spacial score (nSPS) is 16.7. The number of thiocarbonyl (C=S) groups is 1. The van der Waals surface area contributed by atoms with Crippen molar-refractivity contribution < 1.29 is 14.6 Å². The smallest absolute Gasteiger partial charge is 0.193 e. The van der Waals surface area contributed by atoms with Crippen LogP contribution < -0.4 is 15.4 Å². The van der Waals surface area contributed by atoms with Crippen LogP contribution >= 0.6 is 23.8 Å². The van der Waals surface area contributed by atoms with Gasteiger partial charge in [0.15, 0.2) is 22.4 Å². The highest BCUT2D eigenvalue weighted by Gasteiger charge is 2.32. The van der Waals surface area contributed by atoms with Gasteiger partial charge in [0, 0.05) is 22.4 Å². The number of phenols is 1. The zero-order valence-electron chi connectivity index (χ0n) is 14.2. The van der Waals surface area contributed by atoms with Crippen molar-refractivity contribution in [2.24, 2.45) is 0 Å². The van der Waals surface area contributed by atoms with Crippen LogP contribution in [-0.4, -0.2) is 23.1 Å². The number of nitrogens with one attached hydrogen (secondary N) is 2. The molecule has 2 aromatic rings. The first-order valence-corrected chi connectivity index (χ1v) is 8.66. The molecule has 0 aromatic heterocycles. The minimum absolute atomic E-state index is 0.109. The summed E-state index contributed by atoms with van der Waals surface area (Å²) >= 11 is 11.6. The summed E-state index contributed by atoms with van der Waals surface area (Å²) in [6, 6.07) is 11.7. The van der Waals surface area contributed by atoms with Gasteiger partial charge >= 0.3 is 0 Å². The van der Waals surface area contributed by atoms with Gasteiger partial charge < -0.3 is 20.5 Å². The van der Waals surface area contributed by atoms with Crippen molar-refractivity contribution in [2.75, 3.05) is 7.11 Å². The number of rotatable bonds is 4. The fraction of sp³-hybridized carbons (Fsp3) is 0.158. The number of Topliss-reactive ketones (excluding diaryl/α,β-unsaturated/α-hetero) is 1. The van der Waals surface area contributed by atoms with Gasteiger partial charge in [-0.2, -0.15) is 0 Å². The second kappa shape index (κ2) is 7.35. The fourth-order valence-corrected chi connectivity index (χ4v) is 3.46. The Morgan fingerprint density at radius 2 is 1.92 bits per heavy atom. The SMILES string of the molecule is COc1ccc(C2NC(=S)NC(C)=C2C(=O)c2ccccc2)c(Cl)c1O. The number of hydrogen-bond donors (Lipinski definition) is 3. The number of aromatic hydroxyl groups is 1. The van der Waals surface area contributed by atoms with Crippen LogP contribution in [0.4, 0.5) is 0 Å².